The number of nitrogens with two attached hydrogens (primary N) is 1. The number of hydrogen-bond donors (Lipinski definition) is 1. The van der Waals surface area contributed by atoms with E-state index in [2.05, 4.69) is 23.6 Å². The lowest BCUT2D eigenvalue weighted by atomic mass is 9.92. The Morgan fingerprint density at radius 2 is 2.21 bits per heavy atom. The second kappa shape index (κ2) is 4.86. The molecule has 2 nitrogen and oxygen atoms in total. The maximum Gasteiger partial charge on any atom is 0.0197 e. The zero-order chi connectivity index (χ0) is 9.97. The number of piperidine rings is 1. The highest BCUT2D eigenvalue weighted by Gasteiger charge is 2.31. The minimum atomic E-state index is 0.761. The molecule has 82 valence electrons. The molecule has 0 radical (unpaired) electrons. The average molecular weight is 214 g/mol. The molecule has 0 aliphatic carbocycles. The van der Waals surface area contributed by atoms with E-state index in [-0.39, 0.29) is 0 Å². The first kappa shape index (κ1) is 10.8. The van der Waals surface area contributed by atoms with E-state index in [1.807, 2.05) is 0 Å². The van der Waals surface area contributed by atoms with Crippen molar-refractivity contribution in [1.29, 1.82) is 0 Å². The molecule has 2 saturated heterocycles. The van der Waals surface area contributed by atoms with Gasteiger partial charge in [0.25, 0.3) is 0 Å². The zero-order valence-electron chi connectivity index (χ0n) is 9.11. The third-order valence-electron chi connectivity index (χ3n) is 3.74. The molecular formula is C11H22N2S. The van der Waals surface area contributed by atoms with Gasteiger partial charge in [-0.1, -0.05) is 0 Å². The number of thioether (sulfide) groups is 1. The largest absolute Gasteiger partial charge is 0.330 e. The van der Waals surface area contributed by atoms with Crippen LogP contribution < -0.4 is 5.73 Å². The Morgan fingerprint density at radius 3 is 2.86 bits per heavy atom. The van der Waals surface area contributed by atoms with Crippen molar-refractivity contribution < 1.29 is 0 Å². The van der Waals surface area contributed by atoms with E-state index in [9.17, 15) is 0 Å². The highest BCUT2D eigenvalue weighted by atomic mass is 32.2. The second-order valence-corrected chi connectivity index (χ2v) is 5.89. The molecule has 2 aliphatic rings. The summed E-state index contributed by atoms with van der Waals surface area (Å²) in [6.45, 7) is 4.52. The average Bonchev–Trinajstić information content (AvgIpc) is 2.71. The first-order valence-corrected chi connectivity index (χ1v) is 7.00. The van der Waals surface area contributed by atoms with Gasteiger partial charge in [-0.2, -0.15) is 11.8 Å². The van der Waals surface area contributed by atoms with E-state index in [4.69, 9.17) is 5.73 Å². The SMILES string of the molecule is CC1CCC(CN)CN1C1CCSC1. The Kier molecular flexibility index (Phi) is 3.74. The van der Waals surface area contributed by atoms with Gasteiger partial charge in [-0.15, -0.1) is 0 Å². The summed E-state index contributed by atoms with van der Waals surface area (Å²) >= 11 is 2.11. The van der Waals surface area contributed by atoms with Crippen LogP contribution in [0.1, 0.15) is 26.2 Å². The summed E-state index contributed by atoms with van der Waals surface area (Å²) in [6.07, 6.45) is 4.09. The maximum absolute atomic E-state index is 5.78. The second-order valence-electron chi connectivity index (χ2n) is 4.74. The van der Waals surface area contributed by atoms with Crippen molar-refractivity contribution in [3.05, 3.63) is 0 Å². The van der Waals surface area contributed by atoms with Crippen molar-refractivity contribution in [2.24, 2.45) is 11.7 Å². The molecule has 3 unspecified atom stereocenters. The van der Waals surface area contributed by atoms with Crippen LogP contribution in [-0.4, -0.2) is 41.6 Å². The van der Waals surface area contributed by atoms with Gasteiger partial charge in [0, 0.05) is 24.4 Å². The van der Waals surface area contributed by atoms with Crippen LogP contribution in [0.2, 0.25) is 0 Å². The summed E-state index contributed by atoms with van der Waals surface area (Å²) in [5, 5.41) is 0. The Labute approximate surface area is 91.6 Å². The van der Waals surface area contributed by atoms with Crippen LogP contribution in [0.4, 0.5) is 0 Å². The third-order valence-corrected chi connectivity index (χ3v) is 4.88. The molecule has 0 saturated carbocycles. The Hall–Kier alpha value is 0.270. The monoisotopic (exact) mass is 214 g/mol. The van der Waals surface area contributed by atoms with Gasteiger partial charge >= 0.3 is 0 Å². The fourth-order valence-electron chi connectivity index (χ4n) is 2.70. The van der Waals surface area contributed by atoms with Gasteiger partial charge in [-0.3, -0.25) is 4.90 Å². The van der Waals surface area contributed by atoms with E-state index in [1.165, 1.54) is 37.3 Å². The maximum atomic E-state index is 5.78. The van der Waals surface area contributed by atoms with Gasteiger partial charge in [0.2, 0.25) is 0 Å². The molecule has 2 aliphatic heterocycles. The topological polar surface area (TPSA) is 29.3 Å². The predicted octanol–water partition coefficient (Wildman–Crippen LogP) is 1.55. The highest BCUT2D eigenvalue weighted by molar-refractivity contribution is 7.99. The van der Waals surface area contributed by atoms with E-state index in [1.54, 1.807) is 0 Å². The van der Waals surface area contributed by atoms with Gasteiger partial charge in [0.15, 0.2) is 0 Å². The molecule has 0 spiro atoms. The number of nitrogens with zero attached hydrogens (tertiary/aromatic N) is 1. The molecule has 3 heteroatoms. The molecule has 0 amide bonds. The van der Waals surface area contributed by atoms with Gasteiger partial charge in [-0.05, 0) is 44.4 Å². The molecule has 0 aromatic rings. The number of rotatable bonds is 2. The van der Waals surface area contributed by atoms with Crippen molar-refractivity contribution in [2.75, 3.05) is 24.6 Å². The van der Waals surface area contributed by atoms with E-state index in [0.29, 0.717) is 0 Å². The smallest absolute Gasteiger partial charge is 0.0197 e. The van der Waals surface area contributed by atoms with Crippen molar-refractivity contribution in [3.63, 3.8) is 0 Å². The van der Waals surface area contributed by atoms with Gasteiger partial charge in [0.05, 0.1) is 0 Å². The normalized spacial score (nSPS) is 40.3. The van der Waals surface area contributed by atoms with Crippen molar-refractivity contribution >= 4 is 11.8 Å². The first-order chi connectivity index (χ1) is 6.81. The molecule has 14 heavy (non-hydrogen) atoms. The summed E-state index contributed by atoms with van der Waals surface area (Å²) in [4.78, 5) is 2.72. The summed E-state index contributed by atoms with van der Waals surface area (Å²) in [7, 11) is 0. The van der Waals surface area contributed by atoms with Crippen molar-refractivity contribution in [1.82, 2.24) is 4.90 Å². The summed E-state index contributed by atoms with van der Waals surface area (Å²) in [6, 6.07) is 1.64. The fraction of sp³-hybridized carbons (Fsp3) is 1.00. The molecule has 0 aromatic heterocycles. The van der Waals surface area contributed by atoms with Gasteiger partial charge in [-0.25, -0.2) is 0 Å². The number of hydrogen-bond acceptors (Lipinski definition) is 3. The molecule has 2 heterocycles. The molecule has 2 fully saturated rings. The van der Waals surface area contributed by atoms with Crippen LogP contribution in [0.25, 0.3) is 0 Å². The lowest BCUT2D eigenvalue weighted by Crippen LogP contribution is -2.49. The van der Waals surface area contributed by atoms with Gasteiger partial charge < -0.3 is 5.73 Å². The van der Waals surface area contributed by atoms with Crippen molar-refractivity contribution in [3.8, 4) is 0 Å². The zero-order valence-corrected chi connectivity index (χ0v) is 9.93. The summed E-state index contributed by atoms with van der Waals surface area (Å²) in [5.74, 6) is 3.47. The number of likely N-dealkylation sites (tertiary alicyclic amines) is 1. The van der Waals surface area contributed by atoms with Crippen molar-refractivity contribution in [2.45, 2.75) is 38.3 Å². The standard InChI is InChI=1S/C11H22N2S/c1-9-2-3-10(6-12)7-13(9)11-4-5-14-8-11/h9-11H,2-8,12H2,1H3. The van der Waals surface area contributed by atoms with Crippen LogP contribution in [0.15, 0.2) is 0 Å². The molecule has 2 N–H and O–H groups in total. The molecule has 2 rings (SSSR count). The Bertz CT molecular complexity index is 180. The highest BCUT2D eigenvalue weighted by Crippen LogP contribution is 2.29. The lowest BCUT2D eigenvalue weighted by Gasteiger charge is -2.41. The quantitative estimate of drug-likeness (QED) is 0.756. The van der Waals surface area contributed by atoms with E-state index < -0.39 is 0 Å². The Balaban J connectivity index is 1.93. The molecule has 0 aromatic carbocycles. The molecule has 0 bridgehead atoms. The van der Waals surface area contributed by atoms with Crippen LogP contribution in [0.3, 0.4) is 0 Å². The summed E-state index contributed by atoms with van der Waals surface area (Å²) in [5.41, 5.74) is 5.78. The van der Waals surface area contributed by atoms with Crippen LogP contribution in [0.5, 0.6) is 0 Å². The molecule has 3 atom stereocenters. The third kappa shape index (κ3) is 2.26. The predicted molar refractivity (Wildman–Crippen MR) is 63.7 cm³/mol. The van der Waals surface area contributed by atoms with Gasteiger partial charge in [0.1, 0.15) is 0 Å². The Morgan fingerprint density at radius 1 is 1.36 bits per heavy atom. The lowest BCUT2D eigenvalue weighted by molar-refractivity contribution is 0.0845. The van der Waals surface area contributed by atoms with E-state index >= 15 is 0 Å². The van der Waals surface area contributed by atoms with Crippen LogP contribution in [-0.2, 0) is 0 Å². The first-order valence-electron chi connectivity index (χ1n) is 5.85. The molecular weight excluding hydrogens is 192 g/mol. The minimum Gasteiger partial charge on any atom is -0.330 e. The minimum absolute atomic E-state index is 0.761. The van der Waals surface area contributed by atoms with E-state index in [0.717, 1.165) is 24.5 Å². The van der Waals surface area contributed by atoms with Crippen LogP contribution >= 0.6 is 11.8 Å². The van der Waals surface area contributed by atoms with Crippen LogP contribution in [0, 0.1) is 5.92 Å². The summed E-state index contributed by atoms with van der Waals surface area (Å²) < 4.78 is 0. The fourth-order valence-corrected chi connectivity index (χ4v) is 3.93.